The highest BCUT2D eigenvalue weighted by Crippen LogP contribution is 2.29. The number of ether oxygens (including phenoxy) is 1. The maximum atomic E-state index is 12.6. The van der Waals surface area contributed by atoms with Crippen molar-refractivity contribution in [1.29, 1.82) is 0 Å². The van der Waals surface area contributed by atoms with Crippen LogP contribution in [0, 0.1) is 0 Å². The second-order valence-electron chi connectivity index (χ2n) is 6.00. The van der Waals surface area contributed by atoms with Gasteiger partial charge in [-0.15, -0.1) is 0 Å². The first-order valence-corrected chi connectivity index (χ1v) is 7.60. The molecule has 8 nitrogen and oxygen atoms in total. The molecule has 2 aromatic heterocycles. The number of alkyl halides is 3. The van der Waals surface area contributed by atoms with E-state index in [1.165, 1.54) is 21.8 Å². The maximum absolute atomic E-state index is 12.6. The van der Waals surface area contributed by atoms with Crippen LogP contribution >= 0.6 is 0 Å². The van der Waals surface area contributed by atoms with Gasteiger partial charge in [-0.3, -0.25) is 14.0 Å². The minimum Gasteiger partial charge on any atom is -0.450 e. The molecule has 2 aromatic rings. The number of piperidine rings is 1. The minimum atomic E-state index is -5.09. The molecule has 0 unspecified atom stereocenters. The van der Waals surface area contributed by atoms with Gasteiger partial charge in [-0.25, -0.2) is 9.78 Å². The van der Waals surface area contributed by atoms with E-state index in [9.17, 15) is 22.8 Å². The first kappa shape index (κ1) is 17.4. The summed E-state index contributed by atoms with van der Waals surface area (Å²) < 4.78 is 45.3. The Labute approximate surface area is 139 Å². The number of hydrogen-bond acceptors (Lipinski definition) is 6. The molecule has 1 aliphatic rings. The third kappa shape index (κ3) is 3.36. The number of carbonyl (C=O) groups excluding carboxylic acids is 1. The Morgan fingerprint density at radius 1 is 1.40 bits per heavy atom. The van der Waals surface area contributed by atoms with E-state index in [0.29, 0.717) is 18.7 Å². The summed E-state index contributed by atoms with van der Waals surface area (Å²) in [7, 11) is 1.62. The lowest BCUT2D eigenvalue weighted by Crippen LogP contribution is -2.51. The van der Waals surface area contributed by atoms with E-state index in [-0.39, 0.29) is 24.8 Å². The molecule has 1 saturated heterocycles. The fraction of sp³-hybridized carbons (Fsp3) is 0.571. The summed E-state index contributed by atoms with van der Waals surface area (Å²) in [6.45, 7) is 0.554. The zero-order chi connectivity index (χ0) is 18.2. The van der Waals surface area contributed by atoms with Crippen LogP contribution in [0.2, 0.25) is 0 Å². The minimum absolute atomic E-state index is 0.159. The van der Waals surface area contributed by atoms with E-state index in [1.807, 2.05) is 0 Å². The summed E-state index contributed by atoms with van der Waals surface area (Å²) in [5, 5.41) is 7.18. The second-order valence-corrected chi connectivity index (χ2v) is 6.00. The number of nitrogens with one attached hydrogen (secondary N) is 1. The van der Waals surface area contributed by atoms with Crippen LogP contribution in [0.3, 0.4) is 0 Å². The lowest BCUT2D eigenvalue weighted by Gasteiger charge is -2.37. The van der Waals surface area contributed by atoms with Gasteiger partial charge in [-0.05, 0) is 13.1 Å². The van der Waals surface area contributed by atoms with Crippen LogP contribution < -0.4 is 10.9 Å². The number of aromatic nitrogens is 4. The molecule has 136 valence electrons. The molecular weight excluding hydrogens is 343 g/mol. The Balaban J connectivity index is 1.94. The molecule has 1 fully saturated rings. The monoisotopic (exact) mass is 359 g/mol. The van der Waals surface area contributed by atoms with Gasteiger partial charge in [0, 0.05) is 19.9 Å². The van der Waals surface area contributed by atoms with Crippen LogP contribution in [0.5, 0.6) is 0 Å². The topological polar surface area (TPSA) is 91.0 Å². The van der Waals surface area contributed by atoms with Crippen LogP contribution in [-0.2, 0) is 23.1 Å². The largest absolute Gasteiger partial charge is 0.490 e. The number of fused-ring (bicyclic) bond motifs is 1. The van der Waals surface area contributed by atoms with Crippen molar-refractivity contribution < 1.29 is 22.7 Å². The van der Waals surface area contributed by atoms with E-state index in [4.69, 9.17) is 4.74 Å². The summed E-state index contributed by atoms with van der Waals surface area (Å²) in [5.74, 6) is -2.25. The normalized spacial score (nSPS) is 17.6. The zero-order valence-corrected chi connectivity index (χ0v) is 13.3. The number of aryl methyl sites for hydroxylation is 1. The molecule has 3 rings (SSSR count). The Morgan fingerprint density at radius 2 is 2.08 bits per heavy atom. The summed E-state index contributed by atoms with van der Waals surface area (Å²) in [5.41, 5.74) is -1.49. The molecule has 0 bridgehead atoms. The molecule has 0 spiro atoms. The number of rotatable bonds is 3. The smallest absolute Gasteiger partial charge is 0.450 e. The van der Waals surface area contributed by atoms with Crippen LogP contribution in [0.4, 0.5) is 13.2 Å². The second kappa shape index (κ2) is 6.14. The van der Waals surface area contributed by atoms with E-state index in [0.717, 1.165) is 0 Å². The van der Waals surface area contributed by atoms with Crippen molar-refractivity contribution in [2.45, 2.75) is 31.2 Å². The molecule has 11 heteroatoms. The molecule has 1 N–H and O–H groups in total. The number of halogens is 3. The number of nitrogens with zero attached hydrogens (tertiary/aromatic N) is 4. The van der Waals surface area contributed by atoms with E-state index < -0.39 is 23.3 Å². The molecule has 0 aliphatic carbocycles. The fourth-order valence-electron chi connectivity index (χ4n) is 2.92. The van der Waals surface area contributed by atoms with Gasteiger partial charge in [0.25, 0.3) is 5.56 Å². The van der Waals surface area contributed by atoms with Crippen molar-refractivity contribution in [2.24, 2.45) is 7.05 Å². The van der Waals surface area contributed by atoms with Gasteiger partial charge < -0.3 is 10.1 Å². The predicted octanol–water partition coefficient (Wildman–Crippen LogP) is 0.358. The van der Waals surface area contributed by atoms with Crippen molar-refractivity contribution in [3.63, 3.8) is 0 Å². The standard InChI is InChI=1S/C14H16F3N5O3/c1-21-10-9(6-20-21)11(23)22(8-19-10)7-13(2-4-18-5-3-13)25-12(24)14(15,16)17/h6,8,18H,2-5,7H2,1H3. The third-order valence-corrected chi connectivity index (χ3v) is 4.23. The zero-order valence-electron chi connectivity index (χ0n) is 13.3. The molecule has 25 heavy (non-hydrogen) atoms. The molecule has 0 amide bonds. The Kier molecular flexibility index (Phi) is 4.27. The summed E-state index contributed by atoms with van der Waals surface area (Å²) >= 11 is 0. The maximum Gasteiger partial charge on any atom is 0.490 e. The molecule has 0 aromatic carbocycles. The highest BCUT2D eigenvalue weighted by atomic mass is 19.4. The SMILES string of the molecule is Cn1ncc2c(=O)n(CC3(OC(=O)C(F)(F)F)CCNCC3)cnc21. The van der Waals surface area contributed by atoms with E-state index in [2.05, 4.69) is 15.4 Å². The Hall–Kier alpha value is -2.43. The summed E-state index contributed by atoms with van der Waals surface area (Å²) in [4.78, 5) is 28.0. The number of hydrogen-bond donors (Lipinski definition) is 1. The lowest BCUT2D eigenvalue weighted by molar-refractivity contribution is -0.217. The quantitative estimate of drug-likeness (QED) is 0.796. The van der Waals surface area contributed by atoms with Crippen molar-refractivity contribution in [1.82, 2.24) is 24.6 Å². The van der Waals surface area contributed by atoms with Gasteiger partial charge in [0.15, 0.2) is 5.65 Å². The van der Waals surface area contributed by atoms with Crippen molar-refractivity contribution in [2.75, 3.05) is 13.1 Å². The average Bonchev–Trinajstić information content (AvgIpc) is 2.92. The van der Waals surface area contributed by atoms with Crippen molar-refractivity contribution in [3.05, 3.63) is 22.9 Å². The third-order valence-electron chi connectivity index (χ3n) is 4.23. The highest BCUT2D eigenvalue weighted by Gasteiger charge is 2.47. The lowest BCUT2D eigenvalue weighted by atomic mass is 9.91. The first-order chi connectivity index (χ1) is 11.7. The van der Waals surface area contributed by atoms with Gasteiger partial charge in [0.05, 0.1) is 12.7 Å². The molecule has 0 atom stereocenters. The fourth-order valence-corrected chi connectivity index (χ4v) is 2.92. The van der Waals surface area contributed by atoms with Gasteiger partial charge in [-0.1, -0.05) is 0 Å². The predicted molar refractivity (Wildman–Crippen MR) is 79.8 cm³/mol. The number of esters is 1. The van der Waals surface area contributed by atoms with Crippen molar-refractivity contribution >= 4 is 17.0 Å². The number of carbonyl (C=O) groups is 1. The van der Waals surface area contributed by atoms with Crippen LogP contribution in [0.15, 0.2) is 17.3 Å². The van der Waals surface area contributed by atoms with Crippen LogP contribution in [-0.4, -0.2) is 50.2 Å². The molecule has 1 aliphatic heterocycles. The highest BCUT2D eigenvalue weighted by molar-refractivity contribution is 5.76. The first-order valence-electron chi connectivity index (χ1n) is 7.60. The van der Waals surface area contributed by atoms with Gasteiger partial charge in [-0.2, -0.15) is 18.3 Å². The van der Waals surface area contributed by atoms with E-state index >= 15 is 0 Å². The molecule has 3 heterocycles. The van der Waals surface area contributed by atoms with Crippen LogP contribution in [0.25, 0.3) is 11.0 Å². The van der Waals surface area contributed by atoms with Gasteiger partial charge >= 0.3 is 12.1 Å². The van der Waals surface area contributed by atoms with E-state index in [1.54, 1.807) is 7.05 Å². The molecular formula is C14H16F3N5O3. The van der Waals surface area contributed by atoms with Crippen molar-refractivity contribution in [3.8, 4) is 0 Å². The summed E-state index contributed by atoms with van der Waals surface area (Å²) in [6, 6.07) is 0. The Bertz CT molecular complexity index is 851. The molecule has 0 radical (unpaired) electrons. The average molecular weight is 359 g/mol. The Morgan fingerprint density at radius 3 is 2.72 bits per heavy atom. The van der Waals surface area contributed by atoms with Gasteiger partial charge in [0.2, 0.25) is 0 Å². The van der Waals surface area contributed by atoms with Gasteiger partial charge in [0.1, 0.15) is 17.3 Å². The van der Waals surface area contributed by atoms with Crippen LogP contribution in [0.1, 0.15) is 12.8 Å². The summed E-state index contributed by atoms with van der Waals surface area (Å²) in [6.07, 6.45) is -2.19. The molecule has 0 saturated carbocycles.